The fourth-order valence-electron chi connectivity index (χ4n) is 3.83. The molecular formula is C23H19ClN6O2. The number of aromatic nitrogens is 4. The molecule has 3 heterocycles. The van der Waals surface area contributed by atoms with Crippen molar-refractivity contribution >= 4 is 45.6 Å². The maximum Gasteiger partial charge on any atom is 0.299 e. The predicted octanol–water partition coefficient (Wildman–Crippen LogP) is 3.63. The van der Waals surface area contributed by atoms with Gasteiger partial charge in [0.2, 0.25) is 0 Å². The molecule has 9 heteroatoms. The molecule has 1 aliphatic heterocycles. The molecule has 1 N–H and O–H groups in total. The lowest BCUT2D eigenvalue weighted by atomic mass is 10.1. The summed E-state index contributed by atoms with van der Waals surface area (Å²) in [4.78, 5) is 30.5. The first-order valence-electron chi connectivity index (χ1n) is 10.1. The van der Waals surface area contributed by atoms with Crippen molar-refractivity contribution in [1.29, 1.82) is 0 Å². The van der Waals surface area contributed by atoms with Crippen LogP contribution in [0.1, 0.15) is 21.6 Å². The van der Waals surface area contributed by atoms with Crippen molar-refractivity contribution in [2.75, 3.05) is 16.8 Å². The standard InChI is InChI=1S/C23H19ClN6O2/c1-14-2-5-21-18(10-14)22(31)23(32)30(21)13-16-12-29(28-27-16)9-8-26-19-6-7-25-20-11-15(24)3-4-17(19)20/h2-7,10-12H,8-9,13H2,1H3,(H,25,26). The topological polar surface area (TPSA) is 93.0 Å². The summed E-state index contributed by atoms with van der Waals surface area (Å²) in [5.41, 5.74) is 4.40. The Hall–Kier alpha value is -3.78. The number of fused-ring (bicyclic) bond motifs is 2. The van der Waals surface area contributed by atoms with Gasteiger partial charge < -0.3 is 5.32 Å². The maximum atomic E-state index is 12.4. The zero-order chi connectivity index (χ0) is 22.2. The number of carbonyl (C=O) groups excluding carboxylic acids is 2. The number of ketones is 1. The first-order valence-corrected chi connectivity index (χ1v) is 10.5. The molecule has 0 saturated heterocycles. The van der Waals surface area contributed by atoms with Gasteiger partial charge >= 0.3 is 0 Å². The van der Waals surface area contributed by atoms with Crippen molar-refractivity contribution in [3.05, 3.63) is 76.7 Å². The minimum Gasteiger partial charge on any atom is -0.383 e. The third kappa shape index (κ3) is 3.69. The number of anilines is 2. The van der Waals surface area contributed by atoms with Gasteiger partial charge in [-0.25, -0.2) is 0 Å². The van der Waals surface area contributed by atoms with Crippen molar-refractivity contribution in [2.24, 2.45) is 0 Å². The fourth-order valence-corrected chi connectivity index (χ4v) is 4.00. The first-order chi connectivity index (χ1) is 15.5. The molecule has 0 atom stereocenters. The average Bonchev–Trinajstić information content (AvgIpc) is 3.32. The smallest absolute Gasteiger partial charge is 0.299 e. The summed E-state index contributed by atoms with van der Waals surface area (Å²) in [7, 11) is 0. The van der Waals surface area contributed by atoms with Crippen molar-refractivity contribution in [3.8, 4) is 0 Å². The highest BCUT2D eigenvalue weighted by atomic mass is 35.5. The van der Waals surface area contributed by atoms with Gasteiger partial charge in [-0.15, -0.1) is 5.10 Å². The summed E-state index contributed by atoms with van der Waals surface area (Å²) < 4.78 is 1.71. The fraction of sp³-hybridized carbons (Fsp3) is 0.174. The molecule has 4 aromatic rings. The number of benzene rings is 2. The second kappa shape index (κ2) is 8.05. The normalized spacial score (nSPS) is 13.1. The van der Waals surface area contributed by atoms with E-state index >= 15 is 0 Å². The van der Waals surface area contributed by atoms with E-state index in [1.54, 1.807) is 29.2 Å². The van der Waals surface area contributed by atoms with Gasteiger partial charge in [0.1, 0.15) is 5.69 Å². The van der Waals surface area contributed by atoms with E-state index in [1.807, 2.05) is 37.3 Å². The van der Waals surface area contributed by atoms with Crippen LogP contribution >= 0.6 is 11.6 Å². The van der Waals surface area contributed by atoms with Crippen molar-refractivity contribution in [3.63, 3.8) is 0 Å². The van der Waals surface area contributed by atoms with Crippen molar-refractivity contribution in [1.82, 2.24) is 20.0 Å². The second-order valence-electron chi connectivity index (χ2n) is 7.66. The highest BCUT2D eigenvalue weighted by Crippen LogP contribution is 2.30. The van der Waals surface area contributed by atoms with E-state index in [2.05, 4.69) is 20.6 Å². The Morgan fingerprint density at radius 3 is 2.84 bits per heavy atom. The van der Waals surface area contributed by atoms with E-state index in [1.165, 1.54) is 4.90 Å². The minimum atomic E-state index is -0.536. The molecule has 1 aliphatic rings. The Labute approximate surface area is 188 Å². The number of amides is 1. The number of hydrogen-bond acceptors (Lipinski definition) is 6. The lowest BCUT2D eigenvalue weighted by Gasteiger charge is -2.14. The number of aryl methyl sites for hydroxylation is 1. The molecule has 1 amide bonds. The van der Waals surface area contributed by atoms with E-state index in [-0.39, 0.29) is 6.54 Å². The highest BCUT2D eigenvalue weighted by molar-refractivity contribution is 6.52. The Balaban J connectivity index is 1.25. The largest absolute Gasteiger partial charge is 0.383 e. The van der Waals surface area contributed by atoms with Crippen molar-refractivity contribution < 1.29 is 9.59 Å². The molecule has 8 nitrogen and oxygen atoms in total. The summed E-state index contributed by atoms with van der Waals surface area (Å²) in [5, 5.41) is 13.3. The second-order valence-corrected chi connectivity index (χ2v) is 8.10. The number of halogens is 1. The number of nitrogens with one attached hydrogen (secondary N) is 1. The van der Waals surface area contributed by atoms with E-state index < -0.39 is 11.7 Å². The van der Waals surface area contributed by atoms with Crippen LogP contribution in [0, 0.1) is 6.92 Å². The third-order valence-corrected chi connectivity index (χ3v) is 5.63. The molecule has 32 heavy (non-hydrogen) atoms. The highest BCUT2D eigenvalue weighted by Gasteiger charge is 2.36. The lowest BCUT2D eigenvalue weighted by molar-refractivity contribution is -0.114. The number of Topliss-reactive ketones (excluding diaryl/α,β-unsaturated/α-hetero) is 1. The van der Waals surface area contributed by atoms with Gasteiger partial charge in [-0.2, -0.15) is 0 Å². The van der Waals surface area contributed by atoms with Gasteiger partial charge in [0, 0.05) is 28.8 Å². The van der Waals surface area contributed by atoms with E-state index in [0.29, 0.717) is 35.1 Å². The van der Waals surface area contributed by atoms with Crippen LogP contribution in [0.15, 0.2) is 54.9 Å². The van der Waals surface area contributed by atoms with Gasteiger partial charge in [0.15, 0.2) is 0 Å². The van der Waals surface area contributed by atoms with E-state index in [9.17, 15) is 9.59 Å². The molecule has 0 aliphatic carbocycles. The number of pyridine rings is 1. The van der Waals surface area contributed by atoms with Gasteiger partial charge in [-0.1, -0.05) is 28.4 Å². The summed E-state index contributed by atoms with van der Waals surface area (Å²) in [5.74, 6) is -1.02. The van der Waals surface area contributed by atoms with E-state index in [4.69, 9.17) is 11.6 Å². The summed E-state index contributed by atoms with van der Waals surface area (Å²) >= 11 is 6.05. The molecule has 0 unspecified atom stereocenters. The van der Waals surface area contributed by atoms with Crippen LogP contribution in [-0.4, -0.2) is 38.2 Å². The van der Waals surface area contributed by atoms with Crippen LogP contribution in [0.2, 0.25) is 5.02 Å². The monoisotopic (exact) mass is 446 g/mol. The number of hydrogen-bond donors (Lipinski definition) is 1. The van der Waals surface area contributed by atoms with Crippen LogP contribution in [0.25, 0.3) is 10.9 Å². The molecular weight excluding hydrogens is 428 g/mol. The Morgan fingerprint density at radius 2 is 1.97 bits per heavy atom. The zero-order valence-electron chi connectivity index (χ0n) is 17.2. The van der Waals surface area contributed by atoms with Crippen LogP contribution in [0.3, 0.4) is 0 Å². The first kappa shape index (κ1) is 20.1. The van der Waals surface area contributed by atoms with Crippen LogP contribution in [-0.2, 0) is 17.9 Å². The maximum absolute atomic E-state index is 12.4. The molecule has 0 radical (unpaired) electrons. The molecule has 5 rings (SSSR count). The van der Waals surface area contributed by atoms with Gasteiger partial charge in [-0.05, 0) is 43.3 Å². The van der Waals surface area contributed by atoms with Crippen LogP contribution in [0.5, 0.6) is 0 Å². The van der Waals surface area contributed by atoms with E-state index in [0.717, 1.165) is 22.2 Å². The molecule has 2 aromatic heterocycles. The van der Waals surface area contributed by atoms with Gasteiger partial charge in [0.25, 0.3) is 11.7 Å². The minimum absolute atomic E-state index is 0.198. The zero-order valence-corrected chi connectivity index (χ0v) is 18.0. The number of rotatable bonds is 6. The summed E-state index contributed by atoms with van der Waals surface area (Å²) in [6.07, 6.45) is 3.53. The molecule has 2 aromatic carbocycles. The molecule has 160 valence electrons. The summed E-state index contributed by atoms with van der Waals surface area (Å²) in [6, 6.07) is 13.0. The lowest BCUT2D eigenvalue weighted by Crippen LogP contribution is -2.29. The number of carbonyl (C=O) groups is 2. The predicted molar refractivity (Wildman–Crippen MR) is 122 cm³/mol. The van der Waals surface area contributed by atoms with Gasteiger partial charge in [-0.3, -0.25) is 24.2 Å². The van der Waals surface area contributed by atoms with Gasteiger partial charge in [0.05, 0.1) is 36.1 Å². The quantitative estimate of drug-likeness (QED) is 0.454. The van der Waals surface area contributed by atoms with Crippen molar-refractivity contribution in [2.45, 2.75) is 20.0 Å². The Bertz CT molecular complexity index is 1370. The van der Waals surface area contributed by atoms with Crippen LogP contribution in [0.4, 0.5) is 11.4 Å². The average molecular weight is 447 g/mol. The SMILES string of the molecule is Cc1ccc2c(c1)C(=O)C(=O)N2Cc1cn(CCNc2ccnc3cc(Cl)ccc23)nn1. The Morgan fingerprint density at radius 1 is 1.09 bits per heavy atom. The molecule has 0 saturated carbocycles. The third-order valence-electron chi connectivity index (χ3n) is 5.39. The molecule has 0 bridgehead atoms. The van der Waals surface area contributed by atoms with Crippen LogP contribution < -0.4 is 10.2 Å². The molecule has 0 fully saturated rings. The number of nitrogens with zero attached hydrogens (tertiary/aromatic N) is 5. The summed E-state index contributed by atoms with van der Waals surface area (Å²) in [6.45, 7) is 3.29. The molecule has 0 spiro atoms. The Kier molecular flexibility index (Phi) is 5.07.